The summed E-state index contributed by atoms with van der Waals surface area (Å²) < 4.78 is 45.0. The minimum Gasteiger partial charge on any atom is -0.497 e. The Labute approximate surface area is 180 Å². The van der Waals surface area contributed by atoms with Gasteiger partial charge in [-0.15, -0.1) is 15.3 Å². The Balaban J connectivity index is 1.42. The summed E-state index contributed by atoms with van der Waals surface area (Å²) >= 11 is 6.17. The molecule has 31 heavy (non-hydrogen) atoms. The molecule has 0 aliphatic carbocycles. The van der Waals surface area contributed by atoms with Crippen molar-refractivity contribution in [2.75, 3.05) is 30.4 Å². The van der Waals surface area contributed by atoms with Gasteiger partial charge in [0.2, 0.25) is 5.91 Å². The summed E-state index contributed by atoms with van der Waals surface area (Å²) in [4.78, 5) is 14.5. The molecule has 164 valence electrons. The number of halogens is 4. The minimum atomic E-state index is -4.65. The lowest BCUT2D eigenvalue weighted by Gasteiger charge is -2.32. The molecule has 0 atom stereocenters. The maximum absolute atomic E-state index is 13.1. The normalized spacial score (nSPS) is 15.3. The van der Waals surface area contributed by atoms with E-state index in [1.54, 1.807) is 24.3 Å². The second kappa shape index (κ2) is 8.22. The Morgan fingerprint density at radius 2 is 1.94 bits per heavy atom. The number of methoxy groups -OCH3 is 1. The number of aromatic nitrogens is 4. The Morgan fingerprint density at radius 3 is 2.58 bits per heavy atom. The Hall–Kier alpha value is -3.08. The van der Waals surface area contributed by atoms with E-state index in [9.17, 15) is 18.0 Å². The fourth-order valence-corrected chi connectivity index (χ4v) is 3.67. The van der Waals surface area contributed by atoms with Gasteiger partial charge in [-0.3, -0.25) is 4.79 Å². The zero-order valence-corrected chi connectivity index (χ0v) is 17.1. The van der Waals surface area contributed by atoms with Gasteiger partial charge in [0, 0.05) is 25.1 Å². The molecule has 3 aromatic rings. The first kappa shape index (κ1) is 21.2. The summed E-state index contributed by atoms with van der Waals surface area (Å²) in [7, 11) is 1.53. The minimum absolute atomic E-state index is 0.0155. The number of benzene rings is 1. The van der Waals surface area contributed by atoms with Gasteiger partial charge in [-0.2, -0.15) is 17.7 Å². The van der Waals surface area contributed by atoms with Crippen molar-refractivity contribution in [1.82, 2.24) is 19.8 Å². The van der Waals surface area contributed by atoms with Crippen molar-refractivity contribution in [3.05, 3.63) is 41.2 Å². The summed E-state index contributed by atoms with van der Waals surface area (Å²) in [6.45, 7) is 0.937. The van der Waals surface area contributed by atoms with E-state index in [0.717, 1.165) is 0 Å². The SMILES string of the molecule is COc1ccc(NC(=O)C2CCN(c3ccc4nnc(C(F)(F)F)n4n3)CC2)c(Cl)c1. The predicted molar refractivity (Wildman–Crippen MR) is 107 cm³/mol. The van der Waals surface area contributed by atoms with E-state index in [1.165, 1.54) is 13.2 Å². The standard InChI is InChI=1S/C19H18ClF3N6O2/c1-31-12-2-3-14(13(20)10-12)24-17(30)11-6-8-28(9-7-11)16-5-4-15-25-26-18(19(21,22)23)29(15)27-16/h2-5,10-11H,6-9H2,1H3,(H,24,30). The number of ether oxygens (including phenoxy) is 1. The highest BCUT2D eigenvalue weighted by atomic mass is 35.5. The highest BCUT2D eigenvalue weighted by Gasteiger charge is 2.38. The molecule has 1 aliphatic heterocycles. The van der Waals surface area contributed by atoms with Gasteiger partial charge < -0.3 is 15.0 Å². The molecular weight excluding hydrogens is 437 g/mol. The number of nitrogens with zero attached hydrogens (tertiary/aromatic N) is 5. The van der Waals surface area contributed by atoms with Crippen LogP contribution in [-0.4, -0.2) is 45.9 Å². The maximum Gasteiger partial charge on any atom is 0.453 e. The highest BCUT2D eigenvalue weighted by molar-refractivity contribution is 6.33. The van der Waals surface area contributed by atoms with E-state index >= 15 is 0 Å². The highest BCUT2D eigenvalue weighted by Crippen LogP contribution is 2.30. The molecule has 1 amide bonds. The summed E-state index contributed by atoms with van der Waals surface area (Å²) in [5.74, 6) is -0.625. The maximum atomic E-state index is 13.1. The molecular formula is C19H18ClF3N6O2. The van der Waals surface area contributed by atoms with Gasteiger partial charge in [-0.25, -0.2) is 0 Å². The first-order valence-electron chi connectivity index (χ1n) is 9.45. The van der Waals surface area contributed by atoms with Gasteiger partial charge in [0.25, 0.3) is 5.82 Å². The van der Waals surface area contributed by atoms with Crippen LogP contribution in [0.25, 0.3) is 5.65 Å². The van der Waals surface area contributed by atoms with E-state index in [4.69, 9.17) is 16.3 Å². The fourth-order valence-electron chi connectivity index (χ4n) is 3.45. The third kappa shape index (κ3) is 4.36. The van der Waals surface area contributed by atoms with E-state index in [1.807, 2.05) is 4.90 Å². The number of piperidine rings is 1. The second-order valence-corrected chi connectivity index (χ2v) is 7.49. The zero-order chi connectivity index (χ0) is 22.2. The number of nitrogens with one attached hydrogen (secondary N) is 1. The van der Waals surface area contributed by atoms with Crippen LogP contribution in [0, 0.1) is 5.92 Å². The first-order chi connectivity index (χ1) is 14.8. The zero-order valence-electron chi connectivity index (χ0n) is 16.4. The van der Waals surface area contributed by atoms with Crippen LogP contribution in [-0.2, 0) is 11.0 Å². The number of alkyl halides is 3. The third-order valence-corrected chi connectivity index (χ3v) is 5.44. The van der Waals surface area contributed by atoms with E-state index in [-0.39, 0.29) is 17.5 Å². The molecule has 0 bridgehead atoms. The van der Waals surface area contributed by atoms with Crippen LogP contribution in [0.2, 0.25) is 5.02 Å². The molecule has 0 spiro atoms. The van der Waals surface area contributed by atoms with E-state index in [0.29, 0.717) is 52.7 Å². The lowest BCUT2D eigenvalue weighted by atomic mass is 9.96. The molecule has 8 nitrogen and oxygen atoms in total. The average Bonchev–Trinajstić information content (AvgIpc) is 3.19. The van der Waals surface area contributed by atoms with Crippen LogP contribution in [0.15, 0.2) is 30.3 Å². The molecule has 4 rings (SSSR count). The van der Waals surface area contributed by atoms with Crippen LogP contribution in [0.1, 0.15) is 18.7 Å². The monoisotopic (exact) mass is 454 g/mol. The van der Waals surface area contributed by atoms with Crippen LogP contribution in [0.5, 0.6) is 5.75 Å². The molecule has 0 saturated carbocycles. The Morgan fingerprint density at radius 1 is 1.19 bits per heavy atom. The Bertz CT molecular complexity index is 1110. The number of amides is 1. The summed E-state index contributed by atoms with van der Waals surface area (Å²) in [5.41, 5.74) is 0.510. The summed E-state index contributed by atoms with van der Waals surface area (Å²) in [5, 5.41) is 13.9. The van der Waals surface area contributed by atoms with Crippen molar-refractivity contribution in [1.29, 1.82) is 0 Å². The summed E-state index contributed by atoms with van der Waals surface area (Å²) in [6.07, 6.45) is -3.61. The van der Waals surface area contributed by atoms with E-state index < -0.39 is 12.0 Å². The lowest BCUT2D eigenvalue weighted by molar-refractivity contribution is -0.146. The topological polar surface area (TPSA) is 84.6 Å². The molecule has 1 N–H and O–H groups in total. The largest absolute Gasteiger partial charge is 0.497 e. The van der Waals surface area contributed by atoms with Gasteiger partial charge in [0.05, 0.1) is 17.8 Å². The third-order valence-electron chi connectivity index (χ3n) is 5.13. The lowest BCUT2D eigenvalue weighted by Crippen LogP contribution is -2.38. The molecule has 1 aromatic carbocycles. The molecule has 0 radical (unpaired) electrons. The number of rotatable bonds is 4. The number of carbonyl (C=O) groups is 1. The van der Waals surface area contributed by atoms with Gasteiger partial charge >= 0.3 is 6.18 Å². The van der Waals surface area contributed by atoms with Crippen molar-refractivity contribution in [3.63, 3.8) is 0 Å². The first-order valence-corrected chi connectivity index (χ1v) is 9.83. The molecule has 1 saturated heterocycles. The van der Waals surface area contributed by atoms with Crippen LogP contribution >= 0.6 is 11.6 Å². The van der Waals surface area contributed by atoms with E-state index in [2.05, 4.69) is 20.6 Å². The number of carbonyl (C=O) groups excluding carboxylic acids is 1. The quantitative estimate of drug-likeness (QED) is 0.647. The number of fused-ring (bicyclic) bond motifs is 1. The smallest absolute Gasteiger partial charge is 0.453 e. The molecule has 2 aromatic heterocycles. The fraction of sp³-hybridized carbons (Fsp3) is 0.368. The molecule has 1 fully saturated rings. The van der Waals surface area contributed by atoms with Crippen molar-refractivity contribution in [3.8, 4) is 5.75 Å². The van der Waals surface area contributed by atoms with Crippen molar-refractivity contribution >= 4 is 34.7 Å². The van der Waals surface area contributed by atoms with Crippen LogP contribution in [0.3, 0.4) is 0 Å². The van der Waals surface area contributed by atoms with Gasteiger partial charge in [-0.05, 0) is 37.1 Å². The van der Waals surface area contributed by atoms with Gasteiger partial charge in [-0.1, -0.05) is 11.6 Å². The van der Waals surface area contributed by atoms with Gasteiger partial charge in [0.15, 0.2) is 5.65 Å². The second-order valence-electron chi connectivity index (χ2n) is 7.08. The Kier molecular flexibility index (Phi) is 5.61. The number of hydrogen-bond donors (Lipinski definition) is 1. The van der Waals surface area contributed by atoms with Crippen LogP contribution < -0.4 is 15.0 Å². The van der Waals surface area contributed by atoms with Crippen LogP contribution in [0.4, 0.5) is 24.7 Å². The molecule has 12 heteroatoms. The number of anilines is 2. The number of hydrogen-bond acceptors (Lipinski definition) is 6. The van der Waals surface area contributed by atoms with Crippen molar-refractivity contribution in [2.45, 2.75) is 19.0 Å². The van der Waals surface area contributed by atoms with Gasteiger partial charge in [0.1, 0.15) is 11.6 Å². The summed E-state index contributed by atoms with van der Waals surface area (Å²) in [6, 6.07) is 8.02. The molecule has 3 heterocycles. The molecule has 0 unspecified atom stereocenters. The van der Waals surface area contributed by atoms with Crippen molar-refractivity contribution < 1.29 is 22.7 Å². The molecule has 1 aliphatic rings. The predicted octanol–water partition coefficient (Wildman–Crippen LogP) is 3.66. The van der Waals surface area contributed by atoms with Crippen molar-refractivity contribution in [2.24, 2.45) is 5.92 Å². The average molecular weight is 455 g/mol.